The molecule has 1 aliphatic carbocycles. The Morgan fingerprint density at radius 3 is 2.34 bits per heavy atom. The van der Waals surface area contributed by atoms with Gasteiger partial charge in [0.05, 0.1) is 6.04 Å². The van der Waals surface area contributed by atoms with Gasteiger partial charge >= 0.3 is 0 Å². The van der Waals surface area contributed by atoms with Crippen LogP contribution in [0.2, 0.25) is 0 Å². The van der Waals surface area contributed by atoms with Gasteiger partial charge in [-0.25, -0.2) is 0 Å². The van der Waals surface area contributed by atoms with Gasteiger partial charge in [0.2, 0.25) is 5.91 Å². The molecule has 168 valence electrons. The Hall–Kier alpha value is -2.96. The molecule has 0 aromatic heterocycles. The van der Waals surface area contributed by atoms with Gasteiger partial charge in [-0.05, 0) is 49.2 Å². The molecule has 0 bridgehead atoms. The van der Waals surface area contributed by atoms with Crippen molar-refractivity contribution in [3.63, 3.8) is 0 Å². The molecule has 2 N–H and O–H groups in total. The zero-order valence-corrected chi connectivity index (χ0v) is 18.7. The molecule has 1 saturated heterocycles. The second-order valence-electron chi connectivity index (χ2n) is 8.78. The van der Waals surface area contributed by atoms with E-state index in [1.54, 1.807) is 24.3 Å². The summed E-state index contributed by atoms with van der Waals surface area (Å²) in [6, 6.07) is 17.8. The first kappa shape index (κ1) is 22.2. The van der Waals surface area contributed by atoms with E-state index in [9.17, 15) is 9.59 Å². The fourth-order valence-electron chi connectivity index (χ4n) is 3.84. The van der Waals surface area contributed by atoms with Crippen molar-refractivity contribution < 1.29 is 9.59 Å². The molecule has 0 radical (unpaired) electrons. The summed E-state index contributed by atoms with van der Waals surface area (Å²) in [4.78, 5) is 29.6. The number of hydrogen-bond donors (Lipinski definition) is 2. The first-order valence-electron chi connectivity index (χ1n) is 11.4. The maximum absolute atomic E-state index is 12.7. The van der Waals surface area contributed by atoms with Crippen LogP contribution in [0.1, 0.15) is 40.4 Å². The van der Waals surface area contributed by atoms with Gasteiger partial charge in [0.25, 0.3) is 5.91 Å². The van der Waals surface area contributed by atoms with E-state index < -0.39 is 0 Å². The highest BCUT2D eigenvalue weighted by Crippen LogP contribution is 2.19. The lowest BCUT2D eigenvalue weighted by Gasteiger charge is -2.34. The van der Waals surface area contributed by atoms with Gasteiger partial charge in [0.1, 0.15) is 0 Å². The van der Waals surface area contributed by atoms with Crippen LogP contribution in [0.3, 0.4) is 0 Å². The zero-order valence-electron chi connectivity index (χ0n) is 18.7. The van der Waals surface area contributed by atoms with Crippen LogP contribution >= 0.6 is 0 Å². The van der Waals surface area contributed by atoms with Crippen molar-refractivity contribution in [2.45, 2.75) is 24.9 Å². The van der Waals surface area contributed by atoms with E-state index in [0.29, 0.717) is 11.6 Å². The van der Waals surface area contributed by atoms with Crippen LogP contribution in [-0.4, -0.2) is 67.4 Å². The Labute approximate surface area is 190 Å². The molecule has 2 aliphatic rings. The minimum absolute atomic E-state index is 0.0321. The number of carbonyl (C=O) groups is 2. The van der Waals surface area contributed by atoms with Crippen LogP contribution in [0.15, 0.2) is 60.7 Å². The summed E-state index contributed by atoms with van der Waals surface area (Å²) in [6.07, 6.45) is 5.50. The summed E-state index contributed by atoms with van der Waals surface area (Å²) in [5.41, 5.74) is 2.65. The Balaban J connectivity index is 1.35. The first-order chi connectivity index (χ1) is 15.6. The monoisotopic (exact) mass is 432 g/mol. The molecule has 6 heteroatoms. The zero-order chi connectivity index (χ0) is 22.3. The number of hydrogen-bond acceptors (Lipinski definition) is 4. The molecule has 1 saturated carbocycles. The van der Waals surface area contributed by atoms with Crippen molar-refractivity contribution >= 4 is 17.9 Å². The topological polar surface area (TPSA) is 64.7 Å². The first-order valence-corrected chi connectivity index (χ1v) is 11.4. The lowest BCUT2D eigenvalue weighted by molar-refractivity contribution is -0.117. The Bertz CT molecular complexity index is 930. The van der Waals surface area contributed by atoms with Crippen molar-refractivity contribution in [2.24, 2.45) is 0 Å². The predicted octanol–water partition coefficient (Wildman–Crippen LogP) is 2.70. The van der Waals surface area contributed by atoms with E-state index in [0.717, 1.165) is 56.7 Å². The Morgan fingerprint density at radius 2 is 1.69 bits per heavy atom. The second-order valence-corrected chi connectivity index (χ2v) is 8.78. The van der Waals surface area contributed by atoms with Crippen LogP contribution in [0.25, 0.3) is 6.08 Å². The van der Waals surface area contributed by atoms with Crippen molar-refractivity contribution in [2.75, 3.05) is 39.8 Å². The normalized spacial score (nSPS) is 18.4. The van der Waals surface area contributed by atoms with Crippen LogP contribution < -0.4 is 10.6 Å². The fraction of sp³-hybridized carbons (Fsp3) is 0.385. The fourth-order valence-corrected chi connectivity index (χ4v) is 3.84. The lowest BCUT2D eigenvalue weighted by atomic mass is 10.1. The SMILES string of the molecule is CN1CCN(CC(NC(=O)/C=C/c2ccc(C(=O)NC3CC3)cc2)c2ccccc2)CC1. The maximum Gasteiger partial charge on any atom is 0.251 e. The highest BCUT2D eigenvalue weighted by atomic mass is 16.2. The predicted molar refractivity (Wildman–Crippen MR) is 127 cm³/mol. The van der Waals surface area contributed by atoms with E-state index >= 15 is 0 Å². The van der Waals surface area contributed by atoms with Gasteiger partial charge in [-0.1, -0.05) is 42.5 Å². The Morgan fingerprint density at radius 1 is 1.00 bits per heavy atom. The van der Waals surface area contributed by atoms with Gasteiger partial charge in [0, 0.05) is 50.4 Å². The number of nitrogens with one attached hydrogen (secondary N) is 2. The molecule has 1 heterocycles. The highest BCUT2D eigenvalue weighted by Gasteiger charge is 2.23. The third-order valence-electron chi connectivity index (χ3n) is 6.07. The molecule has 2 aromatic rings. The van der Waals surface area contributed by atoms with Gasteiger partial charge in [-0.3, -0.25) is 14.5 Å². The third-order valence-corrected chi connectivity index (χ3v) is 6.07. The number of carbonyl (C=O) groups excluding carboxylic acids is 2. The molecule has 2 aromatic carbocycles. The molecule has 1 unspecified atom stereocenters. The largest absolute Gasteiger partial charge is 0.349 e. The number of likely N-dealkylation sites (N-methyl/N-ethyl adjacent to an activating group) is 1. The lowest BCUT2D eigenvalue weighted by Crippen LogP contribution is -2.47. The molecule has 32 heavy (non-hydrogen) atoms. The van der Waals surface area contributed by atoms with E-state index in [4.69, 9.17) is 0 Å². The average Bonchev–Trinajstić information content (AvgIpc) is 3.63. The van der Waals surface area contributed by atoms with Crippen LogP contribution in [-0.2, 0) is 4.79 Å². The van der Waals surface area contributed by atoms with Crippen molar-refractivity contribution in [1.82, 2.24) is 20.4 Å². The average molecular weight is 433 g/mol. The summed E-state index contributed by atoms with van der Waals surface area (Å²) >= 11 is 0. The van der Waals surface area contributed by atoms with Gasteiger partial charge in [-0.15, -0.1) is 0 Å². The van der Waals surface area contributed by atoms with Crippen molar-refractivity contribution in [3.05, 3.63) is 77.4 Å². The van der Waals surface area contributed by atoms with Crippen LogP contribution in [0, 0.1) is 0 Å². The minimum atomic E-state index is -0.122. The van der Waals surface area contributed by atoms with Gasteiger partial charge < -0.3 is 15.5 Å². The quantitative estimate of drug-likeness (QED) is 0.630. The number of benzene rings is 2. The number of nitrogens with zero attached hydrogens (tertiary/aromatic N) is 2. The molecular weight excluding hydrogens is 400 g/mol. The number of rotatable bonds is 8. The molecule has 2 amide bonds. The summed E-state index contributed by atoms with van der Waals surface area (Å²) in [5.74, 6) is -0.154. The van der Waals surface area contributed by atoms with Crippen molar-refractivity contribution in [3.8, 4) is 0 Å². The van der Waals surface area contributed by atoms with Gasteiger partial charge in [-0.2, -0.15) is 0 Å². The van der Waals surface area contributed by atoms with Gasteiger partial charge in [0.15, 0.2) is 0 Å². The number of piperazine rings is 1. The van der Waals surface area contributed by atoms with E-state index in [1.165, 1.54) is 0 Å². The molecule has 1 atom stereocenters. The highest BCUT2D eigenvalue weighted by molar-refractivity contribution is 5.95. The number of amides is 2. The van der Waals surface area contributed by atoms with Crippen LogP contribution in [0.4, 0.5) is 0 Å². The van der Waals surface area contributed by atoms with E-state index in [1.807, 2.05) is 30.3 Å². The summed E-state index contributed by atoms with van der Waals surface area (Å²) < 4.78 is 0. The third kappa shape index (κ3) is 6.52. The van der Waals surface area contributed by atoms with E-state index in [2.05, 4.69) is 39.6 Å². The minimum Gasteiger partial charge on any atom is -0.349 e. The molecular formula is C26H32N4O2. The standard InChI is InChI=1S/C26H32N4O2/c1-29-15-17-30(18-16-29)19-24(21-5-3-2-4-6-21)28-25(31)14-9-20-7-10-22(11-8-20)26(32)27-23-12-13-23/h2-11,14,23-24H,12-13,15-19H2,1H3,(H,27,32)(H,28,31)/b14-9+. The molecule has 2 fully saturated rings. The molecule has 1 aliphatic heterocycles. The molecule has 6 nitrogen and oxygen atoms in total. The maximum atomic E-state index is 12.7. The van der Waals surface area contributed by atoms with E-state index in [-0.39, 0.29) is 17.9 Å². The van der Waals surface area contributed by atoms with Crippen LogP contribution in [0.5, 0.6) is 0 Å². The Kier molecular flexibility index (Phi) is 7.35. The summed E-state index contributed by atoms with van der Waals surface area (Å²) in [6.45, 7) is 4.90. The summed E-state index contributed by atoms with van der Waals surface area (Å²) in [5, 5.41) is 6.16. The second kappa shape index (κ2) is 10.6. The molecule has 4 rings (SSSR count). The van der Waals surface area contributed by atoms with Crippen molar-refractivity contribution in [1.29, 1.82) is 0 Å². The summed E-state index contributed by atoms with van der Waals surface area (Å²) in [7, 11) is 2.14. The smallest absolute Gasteiger partial charge is 0.251 e. The molecule has 0 spiro atoms.